The van der Waals surface area contributed by atoms with E-state index >= 15 is 0 Å². The molecule has 0 saturated heterocycles. The smallest absolute Gasteiger partial charge is 0.188 e. The highest BCUT2D eigenvalue weighted by Gasteiger charge is 2.25. The van der Waals surface area contributed by atoms with Gasteiger partial charge in [0.05, 0.1) is 0 Å². The van der Waals surface area contributed by atoms with Gasteiger partial charge in [-0.1, -0.05) is 42.1 Å². The van der Waals surface area contributed by atoms with Gasteiger partial charge in [0.25, 0.3) is 0 Å². The molecule has 0 bridgehead atoms. The Hall–Kier alpha value is -2.56. The average molecular weight is 270 g/mol. The van der Waals surface area contributed by atoms with Gasteiger partial charge in [0.1, 0.15) is 5.71 Å². The van der Waals surface area contributed by atoms with Crippen molar-refractivity contribution in [1.29, 1.82) is 0 Å². The summed E-state index contributed by atoms with van der Waals surface area (Å²) >= 11 is 0. The van der Waals surface area contributed by atoms with Crippen molar-refractivity contribution in [3.63, 3.8) is 0 Å². The van der Waals surface area contributed by atoms with Gasteiger partial charge < -0.3 is 16.7 Å². The number of amidine groups is 1. The third kappa shape index (κ3) is 3.47. The summed E-state index contributed by atoms with van der Waals surface area (Å²) in [6.45, 7) is 3.90. The average Bonchev–Trinajstić information content (AvgIpc) is 3.31. The number of hydrogen-bond donors (Lipinski definition) is 3. The number of aliphatic imine (C=N–C) groups is 1. The Balaban J connectivity index is 2.30. The van der Waals surface area contributed by atoms with Crippen LogP contribution < -0.4 is 11.5 Å². The molecule has 20 heavy (non-hydrogen) atoms. The summed E-state index contributed by atoms with van der Waals surface area (Å²) < 4.78 is 0. The van der Waals surface area contributed by atoms with E-state index < -0.39 is 0 Å². The second kappa shape index (κ2) is 6.06. The Morgan fingerprint density at radius 1 is 1.25 bits per heavy atom. The summed E-state index contributed by atoms with van der Waals surface area (Å²) in [4.78, 5) is 4.32. The van der Waals surface area contributed by atoms with Crippen LogP contribution in [0.5, 0.6) is 0 Å². The second-order valence-corrected chi connectivity index (χ2v) is 4.71. The maximum Gasteiger partial charge on any atom is 0.188 e. The number of nitrogens with two attached hydrogens (primary N) is 2. The van der Waals surface area contributed by atoms with Crippen molar-refractivity contribution in [3.05, 3.63) is 54.2 Å². The van der Waals surface area contributed by atoms with Crippen molar-refractivity contribution in [2.24, 2.45) is 27.5 Å². The molecule has 1 aliphatic carbocycles. The number of rotatable bonds is 5. The molecule has 2 rings (SSSR count). The first-order valence-electron chi connectivity index (χ1n) is 6.39. The van der Waals surface area contributed by atoms with E-state index in [9.17, 15) is 0 Å². The molecule has 0 radical (unpaired) electrons. The van der Waals surface area contributed by atoms with Gasteiger partial charge in [-0.05, 0) is 24.5 Å². The van der Waals surface area contributed by atoms with Gasteiger partial charge in [-0.2, -0.15) is 0 Å². The highest BCUT2D eigenvalue weighted by atomic mass is 16.4. The SMILES string of the molecule is C=C(/N=C(\C=C(/N)c1ccccc1)C(/N)=N/O)C1CC1. The van der Waals surface area contributed by atoms with Gasteiger partial charge in [-0.3, -0.25) is 0 Å². The molecule has 0 unspecified atom stereocenters. The van der Waals surface area contributed by atoms with Crippen molar-refractivity contribution in [1.82, 2.24) is 0 Å². The molecular weight excluding hydrogens is 252 g/mol. The van der Waals surface area contributed by atoms with E-state index in [0.717, 1.165) is 24.1 Å². The van der Waals surface area contributed by atoms with Crippen LogP contribution in [-0.4, -0.2) is 16.8 Å². The van der Waals surface area contributed by atoms with E-state index in [4.69, 9.17) is 16.7 Å². The predicted octanol–water partition coefficient (Wildman–Crippen LogP) is 2.10. The van der Waals surface area contributed by atoms with E-state index in [1.54, 1.807) is 6.08 Å². The predicted molar refractivity (Wildman–Crippen MR) is 81.3 cm³/mol. The number of hydrogen-bond acceptors (Lipinski definition) is 4. The molecular formula is C15H18N4O. The molecule has 1 aliphatic rings. The molecule has 1 aromatic carbocycles. The molecule has 0 aromatic heterocycles. The van der Waals surface area contributed by atoms with Crippen molar-refractivity contribution >= 4 is 17.2 Å². The lowest BCUT2D eigenvalue weighted by Crippen LogP contribution is -2.23. The summed E-state index contributed by atoms with van der Waals surface area (Å²) in [7, 11) is 0. The molecule has 0 heterocycles. The van der Waals surface area contributed by atoms with Crippen molar-refractivity contribution in [2.45, 2.75) is 12.8 Å². The normalized spacial score (nSPS) is 17.1. The minimum atomic E-state index is -0.0781. The Morgan fingerprint density at radius 2 is 1.90 bits per heavy atom. The lowest BCUT2D eigenvalue weighted by molar-refractivity contribution is 0.319. The van der Waals surface area contributed by atoms with Gasteiger partial charge in [0.15, 0.2) is 5.84 Å². The fourth-order valence-electron chi connectivity index (χ4n) is 1.74. The summed E-state index contributed by atoms with van der Waals surface area (Å²) in [6, 6.07) is 9.44. The minimum Gasteiger partial charge on any atom is -0.409 e. The van der Waals surface area contributed by atoms with Gasteiger partial charge in [0.2, 0.25) is 0 Å². The Labute approximate surface area is 118 Å². The van der Waals surface area contributed by atoms with Crippen LogP contribution in [0.3, 0.4) is 0 Å². The maximum atomic E-state index is 8.84. The Bertz CT molecular complexity index is 583. The molecule has 5 N–H and O–H groups in total. The lowest BCUT2D eigenvalue weighted by Gasteiger charge is -2.05. The zero-order valence-electron chi connectivity index (χ0n) is 11.2. The highest BCUT2D eigenvalue weighted by Crippen LogP contribution is 2.36. The monoisotopic (exact) mass is 270 g/mol. The van der Waals surface area contributed by atoms with Crippen LogP contribution in [-0.2, 0) is 0 Å². The summed E-state index contributed by atoms with van der Waals surface area (Å²) in [6.07, 6.45) is 3.77. The van der Waals surface area contributed by atoms with Crippen LogP contribution in [0, 0.1) is 5.92 Å². The molecule has 0 atom stereocenters. The summed E-state index contributed by atoms with van der Waals surface area (Å²) in [5.41, 5.74) is 14.1. The molecule has 5 heteroatoms. The number of benzene rings is 1. The molecule has 1 aromatic rings. The largest absolute Gasteiger partial charge is 0.409 e. The Morgan fingerprint density at radius 3 is 2.45 bits per heavy atom. The van der Waals surface area contributed by atoms with E-state index in [1.165, 1.54) is 0 Å². The quantitative estimate of drug-likeness (QED) is 0.331. The maximum absolute atomic E-state index is 8.84. The van der Waals surface area contributed by atoms with Crippen LogP contribution in [0.25, 0.3) is 5.70 Å². The van der Waals surface area contributed by atoms with E-state index in [0.29, 0.717) is 17.3 Å². The third-order valence-electron chi connectivity index (χ3n) is 3.08. The molecule has 104 valence electrons. The first kappa shape index (κ1) is 13.9. The van der Waals surface area contributed by atoms with Crippen LogP contribution in [0.15, 0.2) is 58.8 Å². The van der Waals surface area contributed by atoms with Gasteiger partial charge in [-0.25, -0.2) is 4.99 Å². The fraction of sp³-hybridized carbons (Fsp3) is 0.200. The highest BCUT2D eigenvalue weighted by molar-refractivity contribution is 6.46. The van der Waals surface area contributed by atoms with Crippen molar-refractivity contribution in [2.75, 3.05) is 0 Å². The summed E-state index contributed by atoms with van der Waals surface area (Å²) in [5, 5.41) is 11.8. The number of allylic oxidation sites excluding steroid dienone is 1. The first-order valence-corrected chi connectivity index (χ1v) is 6.39. The second-order valence-electron chi connectivity index (χ2n) is 4.71. The number of oxime groups is 1. The van der Waals surface area contributed by atoms with E-state index in [-0.39, 0.29) is 5.84 Å². The van der Waals surface area contributed by atoms with Gasteiger partial charge >= 0.3 is 0 Å². The molecule has 0 aliphatic heterocycles. The zero-order valence-corrected chi connectivity index (χ0v) is 11.2. The van der Waals surface area contributed by atoms with E-state index in [2.05, 4.69) is 16.7 Å². The van der Waals surface area contributed by atoms with Crippen molar-refractivity contribution < 1.29 is 5.21 Å². The zero-order chi connectivity index (χ0) is 14.5. The standard InChI is InChI=1S/C15H18N4O/c1-10(11-7-8-11)18-14(15(17)19-20)9-13(16)12-5-3-2-4-6-12/h2-6,9,11,20H,1,7-8,16H2,(H2,17,19)/b13-9-,18-14+. The number of nitrogens with zero attached hydrogens (tertiary/aromatic N) is 2. The van der Waals surface area contributed by atoms with Crippen LogP contribution in [0.4, 0.5) is 0 Å². The van der Waals surface area contributed by atoms with Gasteiger partial charge in [0, 0.05) is 17.3 Å². The van der Waals surface area contributed by atoms with Crippen molar-refractivity contribution in [3.8, 4) is 0 Å². The first-order chi connectivity index (χ1) is 9.61. The van der Waals surface area contributed by atoms with Crippen LogP contribution in [0.2, 0.25) is 0 Å². The van der Waals surface area contributed by atoms with Gasteiger partial charge in [-0.15, -0.1) is 0 Å². The van der Waals surface area contributed by atoms with Crippen LogP contribution in [0.1, 0.15) is 18.4 Å². The molecule has 0 amide bonds. The fourth-order valence-corrected chi connectivity index (χ4v) is 1.74. The van der Waals surface area contributed by atoms with Crippen LogP contribution >= 0.6 is 0 Å². The summed E-state index contributed by atoms with van der Waals surface area (Å²) in [5.74, 6) is 0.327. The Kier molecular flexibility index (Phi) is 4.20. The molecule has 1 fully saturated rings. The molecule has 5 nitrogen and oxygen atoms in total. The topological polar surface area (TPSA) is 97.0 Å². The molecule has 1 saturated carbocycles. The minimum absolute atomic E-state index is 0.0781. The lowest BCUT2D eigenvalue weighted by atomic mass is 10.1. The van der Waals surface area contributed by atoms with E-state index in [1.807, 2.05) is 30.3 Å². The molecule has 0 spiro atoms. The third-order valence-corrected chi connectivity index (χ3v) is 3.08.